The quantitative estimate of drug-likeness (QED) is 0.727. The summed E-state index contributed by atoms with van der Waals surface area (Å²) >= 11 is 0. The normalized spacial score (nSPS) is 45.7. The van der Waals surface area contributed by atoms with Crippen molar-refractivity contribution >= 4 is 11.6 Å². The molecule has 114 valence electrons. The summed E-state index contributed by atoms with van der Waals surface area (Å²) in [4.78, 5) is 24.2. The molecule has 0 aromatic heterocycles. The van der Waals surface area contributed by atoms with Crippen LogP contribution in [0.2, 0.25) is 0 Å². The Balaban J connectivity index is 1.65. The number of allylic oxidation sites excluding steroid dienone is 1. The van der Waals surface area contributed by atoms with E-state index in [1.807, 2.05) is 6.08 Å². The average Bonchev–Trinajstić information content (AvgIpc) is 2.84. The van der Waals surface area contributed by atoms with Crippen molar-refractivity contribution < 1.29 is 9.59 Å². The van der Waals surface area contributed by atoms with Gasteiger partial charge in [0, 0.05) is 18.3 Å². The van der Waals surface area contributed by atoms with Gasteiger partial charge in [-0.05, 0) is 74.7 Å². The first-order valence-corrected chi connectivity index (χ1v) is 8.92. The van der Waals surface area contributed by atoms with Gasteiger partial charge in [0.1, 0.15) is 5.78 Å². The largest absolute Gasteiger partial charge is 0.299 e. The van der Waals surface area contributed by atoms with E-state index in [4.69, 9.17) is 0 Å². The maximum atomic E-state index is 12.5. The highest BCUT2D eigenvalue weighted by atomic mass is 16.1. The second-order valence-corrected chi connectivity index (χ2v) is 7.81. The van der Waals surface area contributed by atoms with E-state index in [0.29, 0.717) is 23.4 Å². The molecule has 5 atom stereocenters. The molecule has 0 aromatic rings. The maximum absolute atomic E-state index is 12.5. The first-order valence-electron chi connectivity index (χ1n) is 8.92. The minimum Gasteiger partial charge on any atom is -0.299 e. The van der Waals surface area contributed by atoms with Crippen LogP contribution in [0.4, 0.5) is 0 Å². The lowest BCUT2D eigenvalue weighted by Crippen LogP contribution is -2.47. The van der Waals surface area contributed by atoms with Gasteiger partial charge in [0.25, 0.3) is 0 Å². The summed E-state index contributed by atoms with van der Waals surface area (Å²) in [6, 6.07) is 0. The molecule has 3 saturated carbocycles. The SMILES string of the molecule is CC[C@]12CC[C@@H]3C4CCC(=O)C=C4CC[C@H]3[C@@H]1CCC2=O. The van der Waals surface area contributed by atoms with Crippen LogP contribution in [0.1, 0.15) is 64.7 Å². The number of rotatable bonds is 1. The van der Waals surface area contributed by atoms with E-state index in [1.54, 1.807) is 0 Å². The summed E-state index contributed by atoms with van der Waals surface area (Å²) < 4.78 is 0. The van der Waals surface area contributed by atoms with Gasteiger partial charge in [-0.1, -0.05) is 12.5 Å². The molecular weight excluding hydrogens is 260 g/mol. The van der Waals surface area contributed by atoms with Crippen LogP contribution < -0.4 is 0 Å². The van der Waals surface area contributed by atoms with Gasteiger partial charge in [-0.3, -0.25) is 9.59 Å². The van der Waals surface area contributed by atoms with Gasteiger partial charge in [-0.15, -0.1) is 0 Å². The molecule has 0 N–H and O–H groups in total. The van der Waals surface area contributed by atoms with Crippen molar-refractivity contribution in [2.24, 2.45) is 29.1 Å². The van der Waals surface area contributed by atoms with Crippen LogP contribution in [-0.4, -0.2) is 11.6 Å². The standard InChI is InChI=1S/C19H26O2/c1-2-19-10-9-15-14-6-4-13(20)11-12(14)3-5-16(15)17(19)7-8-18(19)21/h11,14-17H,2-10H2,1H3/t14?,15-,16-,17+,19+/m1/s1. The van der Waals surface area contributed by atoms with Crippen molar-refractivity contribution in [3.63, 3.8) is 0 Å². The number of ketones is 2. The molecule has 0 saturated heterocycles. The summed E-state index contributed by atoms with van der Waals surface area (Å²) in [5.74, 6) is 3.72. The van der Waals surface area contributed by atoms with Gasteiger partial charge in [-0.25, -0.2) is 0 Å². The maximum Gasteiger partial charge on any atom is 0.155 e. The molecular formula is C19H26O2. The molecule has 0 heterocycles. The van der Waals surface area contributed by atoms with E-state index < -0.39 is 0 Å². The third-order valence-corrected chi connectivity index (χ3v) is 7.38. The fraction of sp³-hybridized carbons (Fsp3) is 0.789. The van der Waals surface area contributed by atoms with Crippen LogP contribution in [0.15, 0.2) is 11.6 Å². The molecule has 2 heteroatoms. The van der Waals surface area contributed by atoms with Gasteiger partial charge >= 0.3 is 0 Å². The Morgan fingerprint density at radius 3 is 2.71 bits per heavy atom. The zero-order chi connectivity index (χ0) is 14.6. The second-order valence-electron chi connectivity index (χ2n) is 7.81. The van der Waals surface area contributed by atoms with Crippen molar-refractivity contribution in [1.29, 1.82) is 0 Å². The van der Waals surface area contributed by atoms with Crippen LogP contribution in [-0.2, 0) is 9.59 Å². The average molecular weight is 286 g/mol. The Kier molecular flexibility index (Phi) is 3.13. The molecule has 1 unspecified atom stereocenters. The Morgan fingerprint density at radius 1 is 1.05 bits per heavy atom. The molecule has 0 aliphatic heterocycles. The Bertz CT molecular complexity index is 518. The highest BCUT2D eigenvalue weighted by Crippen LogP contribution is 2.61. The number of Topliss-reactive ketones (excluding diaryl/α,β-unsaturated/α-hetero) is 1. The first kappa shape index (κ1) is 13.7. The lowest BCUT2D eigenvalue weighted by Gasteiger charge is -2.52. The smallest absolute Gasteiger partial charge is 0.155 e. The summed E-state index contributed by atoms with van der Waals surface area (Å²) in [6.07, 6.45) is 11.5. The third-order valence-electron chi connectivity index (χ3n) is 7.38. The lowest BCUT2D eigenvalue weighted by atomic mass is 9.51. The molecule has 0 spiro atoms. The molecule has 0 amide bonds. The predicted octanol–water partition coefficient (Wildman–Crippen LogP) is 4.09. The lowest BCUT2D eigenvalue weighted by molar-refractivity contribution is -0.133. The summed E-state index contributed by atoms with van der Waals surface area (Å²) in [5, 5.41) is 0. The van der Waals surface area contributed by atoms with E-state index in [9.17, 15) is 9.59 Å². The molecule has 0 radical (unpaired) electrons. The van der Waals surface area contributed by atoms with Gasteiger partial charge in [0.05, 0.1) is 0 Å². The number of carbonyl (C=O) groups is 2. The van der Waals surface area contributed by atoms with Crippen LogP contribution in [0, 0.1) is 29.1 Å². The van der Waals surface area contributed by atoms with E-state index in [2.05, 4.69) is 6.92 Å². The van der Waals surface area contributed by atoms with E-state index in [-0.39, 0.29) is 5.41 Å². The zero-order valence-electron chi connectivity index (χ0n) is 13.1. The molecule has 21 heavy (non-hydrogen) atoms. The van der Waals surface area contributed by atoms with Crippen LogP contribution in [0.25, 0.3) is 0 Å². The van der Waals surface area contributed by atoms with Gasteiger partial charge in [-0.2, -0.15) is 0 Å². The summed E-state index contributed by atoms with van der Waals surface area (Å²) in [6.45, 7) is 2.23. The van der Waals surface area contributed by atoms with Gasteiger partial charge in [0.15, 0.2) is 5.78 Å². The fourth-order valence-electron chi connectivity index (χ4n) is 6.40. The molecule has 3 fully saturated rings. The Morgan fingerprint density at radius 2 is 1.90 bits per heavy atom. The molecule has 0 aromatic carbocycles. The van der Waals surface area contributed by atoms with Crippen LogP contribution >= 0.6 is 0 Å². The minimum atomic E-state index is 0.0346. The highest BCUT2D eigenvalue weighted by molar-refractivity contribution is 5.91. The van der Waals surface area contributed by atoms with Crippen LogP contribution in [0.5, 0.6) is 0 Å². The second kappa shape index (κ2) is 4.79. The van der Waals surface area contributed by atoms with Crippen molar-refractivity contribution in [3.8, 4) is 0 Å². The van der Waals surface area contributed by atoms with Crippen LogP contribution in [0.3, 0.4) is 0 Å². The Labute approximate surface area is 127 Å². The minimum absolute atomic E-state index is 0.0346. The van der Waals surface area contributed by atoms with Crippen molar-refractivity contribution in [2.45, 2.75) is 64.7 Å². The molecule has 4 rings (SSSR count). The van der Waals surface area contributed by atoms with Crippen molar-refractivity contribution in [3.05, 3.63) is 11.6 Å². The molecule has 4 aliphatic rings. The molecule has 0 bridgehead atoms. The van der Waals surface area contributed by atoms with E-state index in [0.717, 1.165) is 56.8 Å². The first-order chi connectivity index (χ1) is 10.2. The summed E-state index contributed by atoms with van der Waals surface area (Å²) in [7, 11) is 0. The number of fused-ring (bicyclic) bond motifs is 5. The van der Waals surface area contributed by atoms with Crippen molar-refractivity contribution in [1.82, 2.24) is 0 Å². The summed E-state index contributed by atoms with van der Waals surface area (Å²) in [5.41, 5.74) is 1.48. The number of hydrogen-bond donors (Lipinski definition) is 0. The third kappa shape index (κ3) is 1.83. The predicted molar refractivity (Wildman–Crippen MR) is 81.7 cm³/mol. The monoisotopic (exact) mass is 286 g/mol. The van der Waals surface area contributed by atoms with Gasteiger partial charge < -0.3 is 0 Å². The number of hydrogen-bond acceptors (Lipinski definition) is 2. The highest BCUT2D eigenvalue weighted by Gasteiger charge is 2.57. The number of carbonyl (C=O) groups excluding carboxylic acids is 2. The van der Waals surface area contributed by atoms with E-state index >= 15 is 0 Å². The topological polar surface area (TPSA) is 34.1 Å². The van der Waals surface area contributed by atoms with Gasteiger partial charge in [0.2, 0.25) is 0 Å². The fourth-order valence-corrected chi connectivity index (χ4v) is 6.40. The zero-order valence-corrected chi connectivity index (χ0v) is 13.1. The Hall–Kier alpha value is -0.920. The molecule has 4 aliphatic carbocycles. The molecule has 2 nitrogen and oxygen atoms in total. The van der Waals surface area contributed by atoms with Crippen molar-refractivity contribution in [2.75, 3.05) is 0 Å². The van der Waals surface area contributed by atoms with E-state index in [1.165, 1.54) is 18.4 Å².